The van der Waals surface area contributed by atoms with Crippen LogP contribution in [0.3, 0.4) is 0 Å². The molecule has 0 atom stereocenters. The molecule has 0 unspecified atom stereocenters. The first-order valence-electron chi connectivity index (χ1n) is 5.18. The van der Waals surface area contributed by atoms with E-state index in [1.165, 1.54) is 24.4 Å². The summed E-state index contributed by atoms with van der Waals surface area (Å²) in [7, 11) is 0. The first-order chi connectivity index (χ1) is 8.59. The van der Waals surface area contributed by atoms with E-state index in [1.54, 1.807) is 6.07 Å². The fourth-order valence-corrected chi connectivity index (χ4v) is 1.70. The van der Waals surface area contributed by atoms with Crippen LogP contribution in [0.15, 0.2) is 36.7 Å². The van der Waals surface area contributed by atoms with Crippen LogP contribution in [0.25, 0.3) is 11.1 Å². The highest BCUT2D eigenvalue weighted by Crippen LogP contribution is 2.27. The molecule has 5 heteroatoms. The quantitative estimate of drug-likeness (QED) is 0.909. The molecule has 0 spiro atoms. The first kappa shape index (κ1) is 12.2. The Bertz CT molecular complexity index is 599. The number of carboxylic acid groups (broad SMARTS) is 1. The van der Waals surface area contributed by atoms with Gasteiger partial charge in [-0.25, -0.2) is 8.78 Å². The highest BCUT2D eigenvalue weighted by atomic mass is 19.1. The van der Waals surface area contributed by atoms with Gasteiger partial charge in [0.25, 0.3) is 0 Å². The Kier molecular flexibility index (Phi) is 3.32. The number of nitrogens with zero attached hydrogens (tertiary/aromatic N) is 1. The van der Waals surface area contributed by atoms with E-state index in [1.807, 2.05) is 0 Å². The third kappa shape index (κ3) is 2.34. The van der Waals surface area contributed by atoms with Crippen molar-refractivity contribution in [3.63, 3.8) is 0 Å². The molecule has 0 aliphatic carbocycles. The minimum atomic E-state index is -1.18. The molecular formula is C13H9F2NO2. The number of hydrogen-bond acceptors (Lipinski definition) is 2. The molecule has 2 rings (SSSR count). The highest BCUT2D eigenvalue weighted by molar-refractivity contribution is 5.76. The lowest BCUT2D eigenvalue weighted by atomic mass is 9.99. The summed E-state index contributed by atoms with van der Waals surface area (Å²) in [4.78, 5) is 14.3. The minimum absolute atomic E-state index is 0.0670. The molecule has 18 heavy (non-hydrogen) atoms. The summed E-state index contributed by atoms with van der Waals surface area (Å²) in [6, 6.07) is 5.78. The molecule has 0 saturated heterocycles. The molecule has 1 heterocycles. The lowest BCUT2D eigenvalue weighted by molar-refractivity contribution is -0.136. The van der Waals surface area contributed by atoms with E-state index in [2.05, 4.69) is 4.98 Å². The molecule has 0 aliphatic heterocycles. The van der Waals surface area contributed by atoms with Gasteiger partial charge in [0, 0.05) is 22.9 Å². The van der Waals surface area contributed by atoms with Crippen molar-refractivity contribution in [2.45, 2.75) is 6.42 Å². The maximum absolute atomic E-state index is 13.6. The summed E-state index contributed by atoms with van der Waals surface area (Å²) in [6.07, 6.45) is 1.67. The van der Waals surface area contributed by atoms with Gasteiger partial charge in [-0.15, -0.1) is 0 Å². The molecule has 0 amide bonds. The van der Waals surface area contributed by atoms with E-state index >= 15 is 0 Å². The number of benzene rings is 1. The molecular weight excluding hydrogens is 240 g/mol. The summed E-state index contributed by atoms with van der Waals surface area (Å²) in [5.74, 6) is -2.48. The van der Waals surface area contributed by atoms with E-state index in [-0.39, 0.29) is 16.7 Å². The second kappa shape index (κ2) is 4.91. The molecule has 1 N–H and O–H groups in total. The van der Waals surface area contributed by atoms with Crippen LogP contribution in [0.4, 0.5) is 8.78 Å². The fourth-order valence-electron chi connectivity index (χ4n) is 1.70. The van der Waals surface area contributed by atoms with Crippen LogP contribution in [0, 0.1) is 11.6 Å². The maximum Gasteiger partial charge on any atom is 0.307 e. The van der Waals surface area contributed by atoms with Crippen molar-refractivity contribution in [1.82, 2.24) is 4.98 Å². The van der Waals surface area contributed by atoms with Gasteiger partial charge in [0.1, 0.15) is 11.6 Å². The topological polar surface area (TPSA) is 50.2 Å². The third-order valence-corrected chi connectivity index (χ3v) is 2.50. The number of pyridine rings is 1. The average Bonchev–Trinajstić information content (AvgIpc) is 2.32. The van der Waals surface area contributed by atoms with Gasteiger partial charge in [0.05, 0.1) is 12.6 Å². The molecule has 0 fully saturated rings. The monoisotopic (exact) mass is 249 g/mol. The van der Waals surface area contributed by atoms with E-state index in [0.29, 0.717) is 0 Å². The largest absolute Gasteiger partial charge is 0.481 e. The van der Waals surface area contributed by atoms with Gasteiger partial charge in [0.2, 0.25) is 0 Å². The van der Waals surface area contributed by atoms with Crippen molar-refractivity contribution in [1.29, 1.82) is 0 Å². The number of carbonyl (C=O) groups is 1. The van der Waals surface area contributed by atoms with Crippen LogP contribution in [-0.4, -0.2) is 16.1 Å². The fraction of sp³-hybridized carbons (Fsp3) is 0.0769. The number of aromatic nitrogens is 1. The van der Waals surface area contributed by atoms with E-state index in [9.17, 15) is 13.6 Å². The second-order valence-electron chi connectivity index (χ2n) is 3.70. The van der Waals surface area contributed by atoms with Crippen molar-refractivity contribution < 1.29 is 18.7 Å². The molecule has 92 valence electrons. The van der Waals surface area contributed by atoms with Gasteiger partial charge in [0.15, 0.2) is 0 Å². The van der Waals surface area contributed by atoms with Gasteiger partial charge in [-0.05, 0) is 6.07 Å². The normalized spacial score (nSPS) is 10.3. The van der Waals surface area contributed by atoms with E-state index in [4.69, 9.17) is 5.11 Å². The number of rotatable bonds is 3. The summed E-state index contributed by atoms with van der Waals surface area (Å²) in [5.41, 5.74) is 0.235. The Balaban J connectivity index is 2.61. The zero-order valence-corrected chi connectivity index (χ0v) is 9.23. The second-order valence-corrected chi connectivity index (χ2v) is 3.70. The van der Waals surface area contributed by atoms with Gasteiger partial charge < -0.3 is 5.11 Å². The molecule has 1 aromatic carbocycles. The molecule has 3 nitrogen and oxygen atoms in total. The van der Waals surface area contributed by atoms with Crippen molar-refractivity contribution in [2.24, 2.45) is 0 Å². The number of aliphatic carboxylic acids is 1. The third-order valence-electron chi connectivity index (χ3n) is 2.50. The van der Waals surface area contributed by atoms with Crippen molar-refractivity contribution in [2.75, 3.05) is 0 Å². The van der Waals surface area contributed by atoms with Gasteiger partial charge >= 0.3 is 5.97 Å². The SMILES string of the molecule is O=C(O)Cc1c(F)cncc1-c1ccccc1F. The summed E-state index contributed by atoms with van der Waals surface area (Å²) < 4.78 is 27.2. The maximum atomic E-state index is 13.6. The number of halogens is 2. The van der Waals surface area contributed by atoms with Crippen molar-refractivity contribution >= 4 is 5.97 Å². The Morgan fingerprint density at radius 1 is 1.11 bits per heavy atom. The zero-order chi connectivity index (χ0) is 13.1. The standard InChI is InChI=1S/C13H9F2NO2/c14-11-4-2-1-3-8(11)10-6-16-7-12(15)9(10)5-13(17)18/h1-4,6-7H,5H2,(H,17,18). The number of carboxylic acids is 1. The Labute approximate surface area is 102 Å². The van der Waals surface area contributed by atoms with Gasteiger partial charge in [-0.2, -0.15) is 0 Å². The minimum Gasteiger partial charge on any atom is -0.481 e. The zero-order valence-electron chi connectivity index (χ0n) is 9.23. The lowest BCUT2D eigenvalue weighted by Gasteiger charge is -2.09. The number of hydrogen-bond donors (Lipinski definition) is 1. The lowest BCUT2D eigenvalue weighted by Crippen LogP contribution is -2.05. The Morgan fingerprint density at radius 2 is 1.83 bits per heavy atom. The van der Waals surface area contributed by atoms with E-state index < -0.39 is 24.0 Å². The van der Waals surface area contributed by atoms with Crippen LogP contribution in [0.2, 0.25) is 0 Å². The Morgan fingerprint density at radius 3 is 2.50 bits per heavy atom. The van der Waals surface area contributed by atoms with Crippen molar-refractivity contribution in [3.8, 4) is 11.1 Å². The molecule has 0 radical (unpaired) electrons. The predicted octanol–water partition coefficient (Wildman–Crippen LogP) is 2.65. The van der Waals surface area contributed by atoms with Gasteiger partial charge in [-0.1, -0.05) is 18.2 Å². The summed E-state index contributed by atoms with van der Waals surface area (Å²) >= 11 is 0. The Hall–Kier alpha value is -2.30. The highest BCUT2D eigenvalue weighted by Gasteiger charge is 2.16. The molecule has 0 saturated carbocycles. The molecule has 0 bridgehead atoms. The van der Waals surface area contributed by atoms with Crippen LogP contribution < -0.4 is 0 Å². The van der Waals surface area contributed by atoms with Crippen LogP contribution in [0.5, 0.6) is 0 Å². The van der Waals surface area contributed by atoms with Crippen LogP contribution >= 0.6 is 0 Å². The smallest absolute Gasteiger partial charge is 0.307 e. The molecule has 0 aliphatic rings. The average molecular weight is 249 g/mol. The summed E-state index contributed by atoms with van der Waals surface area (Å²) in [6.45, 7) is 0. The van der Waals surface area contributed by atoms with Crippen LogP contribution in [0.1, 0.15) is 5.56 Å². The van der Waals surface area contributed by atoms with Crippen molar-refractivity contribution in [3.05, 3.63) is 53.9 Å². The molecule has 2 aromatic rings. The van der Waals surface area contributed by atoms with Crippen LogP contribution in [-0.2, 0) is 11.2 Å². The first-order valence-corrected chi connectivity index (χ1v) is 5.18. The van der Waals surface area contributed by atoms with E-state index in [0.717, 1.165) is 6.20 Å². The summed E-state index contributed by atoms with van der Waals surface area (Å²) in [5, 5.41) is 8.75. The molecule has 1 aromatic heterocycles. The predicted molar refractivity (Wildman–Crippen MR) is 60.9 cm³/mol. The van der Waals surface area contributed by atoms with Gasteiger partial charge in [-0.3, -0.25) is 9.78 Å².